The Kier molecular flexibility index (Phi) is 2.58. The van der Waals surface area contributed by atoms with Crippen LogP contribution in [0.5, 0.6) is 0 Å². The van der Waals surface area contributed by atoms with Gasteiger partial charge in [-0.15, -0.1) is 0 Å². The molecule has 0 spiro atoms. The first-order valence-corrected chi connectivity index (χ1v) is 7.88. The van der Waals surface area contributed by atoms with Gasteiger partial charge in [0.25, 0.3) is 0 Å². The molecule has 0 radical (unpaired) electrons. The van der Waals surface area contributed by atoms with Gasteiger partial charge >= 0.3 is 0 Å². The van der Waals surface area contributed by atoms with Crippen molar-refractivity contribution in [2.75, 3.05) is 0 Å². The first-order valence-electron chi connectivity index (χ1n) is 7.88. The van der Waals surface area contributed by atoms with Crippen molar-refractivity contribution in [2.24, 2.45) is 11.8 Å². The van der Waals surface area contributed by atoms with Crippen molar-refractivity contribution >= 4 is 5.78 Å². The van der Waals surface area contributed by atoms with Crippen LogP contribution in [0, 0.1) is 11.8 Å². The summed E-state index contributed by atoms with van der Waals surface area (Å²) in [7, 11) is 0. The topological polar surface area (TPSA) is 17.1 Å². The minimum atomic E-state index is 0.353. The zero-order chi connectivity index (χ0) is 13.0. The summed E-state index contributed by atoms with van der Waals surface area (Å²) in [6.45, 7) is 2.35. The minimum Gasteiger partial charge on any atom is -0.295 e. The normalized spacial score (nSPS) is 33.9. The van der Waals surface area contributed by atoms with Crippen molar-refractivity contribution in [3.8, 4) is 0 Å². The molecule has 1 heteroatoms. The fourth-order valence-corrected chi connectivity index (χ4v) is 4.98. The van der Waals surface area contributed by atoms with E-state index in [1.807, 2.05) is 6.08 Å². The van der Waals surface area contributed by atoms with E-state index in [0.29, 0.717) is 5.78 Å². The zero-order valence-corrected chi connectivity index (χ0v) is 11.8. The van der Waals surface area contributed by atoms with Crippen LogP contribution in [0.15, 0.2) is 33.9 Å². The molecule has 2 atom stereocenters. The van der Waals surface area contributed by atoms with Crippen molar-refractivity contribution in [3.63, 3.8) is 0 Å². The van der Waals surface area contributed by atoms with Gasteiger partial charge in [0.2, 0.25) is 0 Å². The van der Waals surface area contributed by atoms with Crippen molar-refractivity contribution in [1.82, 2.24) is 0 Å². The van der Waals surface area contributed by atoms with E-state index in [2.05, 4.69) is 6.92 Å². The SMILES string of the molecule is CC1=C2CCC3=C4CCC(=O)C=C4CCC3C2CC1. The maximum atomic E-state index is 11.6. The lowest BCUT2D eigenvalue weighted by Gasteiger charge is -2.40. The van der Waals surface area contributed by atoms with Crippen molar-refractivity contribution in [1.29, 1.82) is 0 Å². The molecule has 1 nitrogen and oxygen atoms in total. The highest BCUT2D eigenvalue weighted by Crippen LogP contribution is 2.53. The summed E-state index contributed by atoms with van der Waals surface area (Å²) in [6, 6.07) is 0. The fourth-order valence-electron chi connectivity index (χ4n) is 4.98. The quantitative estimate of drug-likeness (QED) is 0.582. The smallest absolute Gasteiger partial charge is 0.156 e. The Balaban J connectivity index is 1.76. The average Bonchev–Trinajstić information content (AvgIpc) is 2.80. The number of fused-ring (bicyclic) bond motifs is 4. The number of hydrogen-bond donors (Lipinski definition) is 0. The largest absolute Gasteiger partial charge is 0.295 e. The maximum absolute atomic E-state index is 11.6. The molecule has 0 aromatic rings. The monoisotopic (exact) mass is 254 g/mol. The molecule has 1 fully saturated rings. The van der Waals surface area contributed by atoms with Crippen LogP contribution in [-0.4, -0.2) is 5.78 Å². The summed E-state index contributed by atoms with van der Waals surface area (Å²) in [4.78, 5) is 11.6. The Morgan fingerprint density at radius 3 is 2.53 bits per heavy atom. The van der Waals surface area contributed by atoms with Crippen LogP contribution < -0.4 is 0 Å². The Labute approximate surface area is 115 Å². The lowest BCUT2D eigenvalue weighted by atomic mass is 9.64. The third-order valence-corrected chi connectivity index (χ3v) is 5.88. The second-order valence-corrected chi connectivity index (χ2v) is 6.74. The first kappa shape index (κ1) is 11.7. The van der Waals surface area contributed by atoms with Gasteiger partial charge in [-0.3, -0.25) is 4.79 Å². The number of carbonyl (C=O) groups is 1. The Morgan fingerprint density at radius 1 is 0.895 bits per heavy atom. The molecular weight excluding hydrogens is 232 g/mol. The van der Waals surface area contributed by atoms with Crippen LogP contribution in [0.25, 0.3) is 0 Å². The second-order valence-electron chi connectivity index (χ2n) is 6.74. The van der Waals surface area contributed by atoms with E-state index in [-0.39, 0.29) is 0 Å². The molecule has 4 aliphatic carbocycles. The molecule has 0 bridgehead atoms. The predicted octanol–water partition coefficient (Wildman–Crippen LogP) is 4.50. The summed E-state index contributed by atoms with van der Waals surface area (Å²) >= 11 is 0. The van der Waals surface area contributed by atoms with Crippen LogP contribution >= 0.6 is 0 Å². The maximum Gasteiger partial charge on any atom is 0.156 e. The van der Waals surface area contributed by atoms with Crippen LogP contribution in [0.3, 0.4) is 0 Å². The molecule has 2 unspecified atom stereocenters. The van der Waals surface area contributed by atoms with Gasteiger partial charge in [0.1, 0.15) is 0 Å². The highest BCUT2D eigenvalue weighted by molar-refractivity contribution is 5.93. The van der Waals surface area contributed by atoms with Gasteiger partial charge in [-0.25, -0.2) is 0 Å². The number of hydrogen-bond acceptors (Lipinski definition) is 1. The molecule has 1 saturated carbocycles. The van der Waals surface area contributed by atoms with E-state index < -0.39 is 0 Å². The van der Waals surface area contributed by atoms with Gasteiger partial charge in [-0.05, 0) is 80.9 Å². The highest BCUT2D eigenvalue weighted by atomic mass is 16.1. The Morgan fingerprint density at radius 2 is 1.63 bits per heavy atom. The number of allylic oxidation sites excluding steroid dienone is 6. The molecule has 19 heavy (non-hydrogen) atoms. The summed E-state index contributed by atoms with van der Waals surface area (Å²) in [5.74, 6) is 2.03. The van der Waals surface area contributed by atoms with Gasteiger partial charge in [0, 0.05) is 6.42 Å². The number of ketones is 1. The van der Waals surface area contributed by atoms with Crippen molar-refractivity contribution in [3.05, 3.63) is 33.9 Å². The summed E-state index contributed by atoms with van der Waals surface area (Å²) in [5.41, 5.74) is 8.22. The molecule has 0 heterocycles. The van der Waals surface area contributed by atoms with Gasteiger partial charge in [0.05, 0.1) is 0 Å². The Hall–Kier alpha value is -1.11. The zero-order valence-electron chi connectivity index (χ0n) is 11.8. The standard InChI is InChI=1S/C18H22O/c1-11-2-5-16-14(11)8-9-17-15-7-4-13(19)10-12(15)3-6-18(16)17/h10,16,18H,2-9H2,1H3. The molecule has 0 N–H and O–H groups in total. The van der Waals surface area contributed by atoms with Crippen LogP contribution in [0.4, 0.5) is 0 Å². The third-order valence-electron chi connectivity index (χ3n) is 5.88. The predicted molar refractivity (Wildman–Crippen MR) is 76.7 cm³/mol. The lowest BCUT2D eigenvalue weighted by Crippen LogP contribution is -2.28. The first-order chi connectivity index (χ1) is 9.24. The van der Waals surface area contributed by atoms with Crippen LogP contribution in [0.2, 0.25) is 0 Å². The summed E-state index contributed by atoms with van der Waals surface area (Å²) in [6.07, 6.45) is 11.5. The van der Waals surface area contributed by atoms with E-state index in [4.69, 9.17) is 0 Å². The van der Waals surface area contributed by atoms with Crippen LogP contribution in [-0.2, 0) is 4.79 Å². The number of carbonyl (C=O) groups excluding carboxylic acids is 1. The lowest BCUT2D eigenvalue weighted by molar-refractivity contribution is -0.114. The molecule has 0 aromatic heterocycles. The molecule has 0 amide bonds. The van der Waals surface area contributed by atoms with Crippen LogP contribution in [0.1, 0.15) is 58.3 Å². The van der Waals surface area contributed by atoms with Crippen molar-refractivity contribution < 1.29 is 4.79 Å². The molecule has 0 saturated heterocycles. The fraction of sp³-hybridized carbons (Fsp3) is 0.611. The molecule has 4 aliphatic rings. The molecular formula is C18H22O. The van der Waals surface area contributed by atoms with E-state index in [1.54, 1.807) is 22.3 Å². The third kappa shape index (κ3) is 1.70. The van der Waals surface area contributed by atoms with E-state index in [9.17, 15) is 4.79 Å². The van der Waals surface area contributed by atoms with E-state index in [0.717, 1.165) is 31.1 Å². The summed E-state index contributed by atoms with van der Waals surface area (Å²) < 4.78 is 0. The van der Waals surface area contributed by atoms with E-state index in [1.165, 1.54) is 37.7 Å². The molecule has 4 rings (SSSR count). The van der Waals surface area contributed by atoms with Gasteiger partial charge < -0.3 is 0 Å². The molecule has 0 aliphatic heterocycles. The summed E-state index contributed by atoms with van der Waals surface area (Å²) in [5, 5.41) is 0. The molecule has 100 valence electrons. The highest BCUT2D eigenvalue weighted by Gasteiger charge is 2.39. The van der Waals surface area contributed by atoms with E-state index >= 15 is 0 Å². The average molecular weight is 254 g/mol. The molecule has 0 aromatic carbocycles. The Bertz CT molecular complexity index is 544. The number of rotatable bonds is 0. The minimum absolute atomic E-state index is 0.353. The van der Waals surface area contributed by atoms with Gasteiger partial charge in [0.15, 0.2) is 5.78 Å². The van der Waals surface area contributed by atoms with Crippen molar-refractivity contribution in [2.45, 2.75) is 58.3 Å². The van der Waals surface area contributed by atoms with Gasteiger partial charge in [-0.2, -0.15) is 0 Å². The van der Waals surface area contributed by atoms with Gasteiger partial charge in [-0.1, -0.05) is 16.7 Å². The second kappa shape index (κ2) is 4.19.